The minimum Gasteiger partial charge on any atom is -0.543 e. The van der Waals surface area contributed by atoms with Gasteiger partial charge in [-0.1, -0.05) is 20.8 Å². The summed E-state index contributed by atoms with van der Waals surface area (Å²) in [5, 5.41) is 0.132. The van der Waals surface area contributed by atoms with Crippen LogP contribution >= 0.6 is 15.9 Å². The Hall–Kier alpha value is -0.813. The van der Waals surface area contributed by atoms with Gasteiger partial charge in [0, 0.05) is 0 Å². The van der Waals surface area contributed by atoms with E-state index >= 15 is 0 Å². The third kappa shape index (κ3) is 3.83. The van der Waals surface area contributed by atoms with E-state index in [4.69, 9.17) is 9.16 Å². The van der Waals surface area contributed by atoms with Gasteiger partial charge in [-0.15, -0.1) is 0 Å². The number of halogens is 1. The molecule has 0 saturated heterocycles. The van der Waals surface area contributed by atoms with Crippen LogP contribution in [-0.2, 0) is 4.74 Å². The van der Waals surface area contributed by atoms with Crippen LogP contribution in [0, 0.1) is 0 Å². The lowest BCUT2D eigenvalue weighted by Gasteiger charge is -2.36. The normalized spacial score (nSPS) is 12.2. The molecule has 0 amide bonds. The topological polar surface area (TPSA) is 35.5 Å². The zero-order valence-electron chi connectivity index (χ0n) is 12.3. The molecule has 1 aromatic carbocycles. The maximum absolute atomic E-state index is 11.4. The van der Waals surface area contributed by atoms with Crippen LogP contribution < -0.4 is 4.43 Å². The second-order valence-corrected chi connectivity index (χ2v) is 11.6. The van der Waals surface area contributed by atoms with E-state index in [0.717, 1.165) is 10.2 Å². The maximum Gasteiger partial charge on any atom is 0.337 e. The molecule has 0 heterocycles. The summed E-state index contributed by atoms with van der Waals surface area (Å²) < 4.78 is 11.7. The quantitative estimate of drug-likeness (QED) is 0.592. The maximum atomic E-state index is 11.4. The van der Waals surface area contributed by atoms with Crippen LogP contribution in [0.25, 0.3) is 0 Å². The van der Waals surface area contributed by atoms with Crippen molar-refractivity contribution in [2.24, 2.45) is 0 Å². The molecule has 0 aliphatic heterocycles. The number of ether oxygens (including phenoxy) is 1. The Bertz CT molecular complexity index is 478. The monoisotopic (exact) mass is 344 g/mol. The van der Waals surface area contributed by atoms with Crippen molar-refractivity contribution in [3.63, 3.8) is 0 Å². The van der Waals surface area contributed by atoms with Crippen molar-refractivity contribution in [1.82, 2.24) is 0 Å². The molecule has 1 rings (SSSR count). The van der Waals surface area contributed by atoms with Gasteiger partial charge in [-0.25, -0.2) is 4.79 Å². The van der Waals surface area contributed by atoms with E-state index in [1.165, 1.54) is 7.11 Å². The largest absolute Gasteiger partial charge is 0.543 e. The van der Waals surface area contributed by atoms with Gasteiger partial charge in [0.2, 0.25) is 0 Å². The van der Waals surface area contributed by atoms with E-state index in [1.54, 1.807) is 12.1 Å². The van der Waals surface area contributed by atoms with Crippen molar-refractivity contribution in [3.8, 4) is 5.75 Å². The predicted molar refractivity (Wildman–Crippen MR) is 83.3 cm³/mol. The fourth-order valence-electron chi connectivity index (χ4n) is 1.26. The second-order valence-electron chi connectivity index (χ2n) is 6.00. The molecule has 106 valence electrons. The highest BCUT2D eigenvalue weighted by molar-refractivity contribution is 9.10. The first-order chi connectivity index (χ1) is 8.58. The lowest BCUT2D eigenvalue weighted by Crippen LogP contribution is -2.43. The summed E-state index contributed by atoms with van der Waals surface area (Å²) in [7, 11) is -0.505. The van der Waals surface area contributed by atoms with Gasteiger partial charge in [-0.2, -0.15) is 0 Å². The molecule has 3 nitrogen and oxygen atoms in total. The van der Waals surface area contributed by atoms with E-state index in [0.29, 0.717) is 5.56 Å². The molecule has 0 fully saturated rings. The highest BCUT2D eigenvalue weighted by Gasteiger charge is 2.39. The lowest BCUT2D eigenvalue weighted by molar-refractivity contribution is 0.0600. The molecule has 0 spiro atoms. The number of methoxy groups -OCH3 is 1. The molecule has 5 heteroatoms. The van der Waals surface area contributed by atoms with Gasteiger partial charge in [-0.05, 0) is 52.3 Å². The average Bonchev–Trinajstić information content (AvgIpc) is 2.29. The van der Waals surface area contributed by atoms with Crippen LogP contribution in [0.15, 0.2) is 22.7 Å². The Kier molecular flexibility index (Phi) is 4.85. The highest BCUT2D eigenvalue weighted by Crippen LogP contribution is 2.39. The zero-order chi connectivity index (χ0) is 14.8. The Morgan fingerprint density at radius 2 is 1.84 bits per heavy atom. The van der Waals surface area contributed by atoms with Gasteiger partial charge < -0.3 is 9.16 Å². The first-order valence-electron chi connectivity index (χ1n) is 6.15. The Balaban J connectivity index is 3.02. The minimum absolute atomic E-state index is 0.132. The van der Waals surface area contributed by atoms with Gasteiger partial charge >= 0.3 is 5.97 Å². The number of rotatable bonds is 3. The first-order valence-corrected chi connectivity index (χ1v) is 9.85. The van der Waals surface area contributed by atoms with E-state index in [1.807, 2.05) is 6.07 Å². The van der Waals surface area contributed by atoms with Crippen LogP contribution in [0.1, 0.15) is 31.1 Å². The van der Waals surface area contributed by atoms with Crippen LogP contribution in [-0.4, -0.2) is 21.4 Å². The van der Waals surface area contributed by atoms with Crippen molar-refractivity contribution < 1.29 is 14.0 Å². The van der Waals surface area contributed by atoms with Crippen molar-refractivity contribution in [2.75, 3.05) is 7.11 Å². The molecule has 0 atom stereocenters. The number of benzene rings is 1. The molecule has 0 bridgehead atoms. The van der Waals surface area contributed by atoms with Crippen LogP contribution in [0.4, 0.5) is 0 Å². The van der Waals surface area contributed by atoms with Crippen molar-refractivity contribution in [3.05, 3.63) is 28.2 Å². The summed E-state index contributed by atoms with van der Waals surface area (Å²) in [4.78, 5) is 11.4. The van der Waals surface area contributed by atoms with Crippen LogP contribution in [0.5, 0.6) is 5.75 Å². The fourth-order valence-corrected chi connectivity index (χ4v) is 2.90. The molecule has 19 heavy (non-hydrogen) atoms. The summed E-state index contributed by atoms with van der Waals surface area (Å²) in [6, 6.07) is 5.27. The van der Waals surface area contributed by atoms with E-state index in [-0.39, 0.29) is 11.0 Å². The Morgan fingerprint density at radius 1 is 1.26 bits per heavy atom. The molecule has 0 N–H and O–H groups in total. The summed E-state index contributed by atoms with van der Waals surface area (Å²) in [5.74, 6) is 0.429. The van der Waals surface area contributed by atoms with Crippen LogP contribution in [0.3, 0.4) is 0 Å². The number of hydrogen-bond acceptors (Lipinski definition) is 3. The summed E-state index contributed by atoms with van der Waals surface area (Å²) >= 11 is 3.45. The number of carbonyl (C=O) groups excluding carboxylic acids is 1. The molecule has 0 unspecified atom stereocenters. The molecule has 1 aromatic rings. The lowest BCUT2D eigenvalue weighted by atomic mass is 10.2. The minimum atomic E-state index is -1.88. The predicted octanol–water partition coefficient (Wildman–Crippen LogP) is 4.62. The molecule has 0 aliphatic rings. The zero-order valence-corrected chi connectivity index (χ0v) is 14.9. The number of hydrogen-bond donors (Lipinski definition) is 0. The smallest absolute Gasteiger partial charge is 0.337 e. The third-order valence-corrected chi connectivity index (χ3v) is 8.49. The molecule has 0 radical (unpaired) electrons. The Morgan fingerprint density at radius 3 is 2.26 bits per heavy atom. The molecule has 0 saturated carbocycles. The molecule has 0 aromatic heterocycles. The van der Waals surface area contributed by atoms with Gasteiger partial charge in [0.25, 0.3) is 8.32 Å². The number of esters is 1. The standard InChI is InChI=1S/C14H21BrO3Si/c1-14(2,3)19(5,6)18-12-8-7-10(9-11(12)15)13(16)17-4/h7-9H,1-6H3. The van der Waals surface area contributed by atoms with Crippen molar-refractivity contribution in [2.45, 2.75) is 38.9 Å². The summed E-state index contributed by atoms with van der Waals surface area (Å²) in [5.41, 5.74) is 0.511. The second kappa shape index (κ2) is 5.67. The average molecular weight is 345 g/mol. The fraction of sp³-hybridized carbons (Fsp3) is 0.500. The van der Waals surface area contributed by atoms with Gasteiger partial charge in [0.05, 0.1) is 17.1 Å². The van der Waals surface area contributed by atoms with Gasteiger partial charge in [-0.3, -0.25) is 0 Å². The van der Waals surface area contributed by atoms with E-state index in [9.17, 15) is 4.79 Å². The third-order valence-electron chi connectivity index (χ3n) is 3.52. The van der Waals surface area contributed by atoms with Crippen LogP contribution in [0.2, 0.25) is 18.1 Å². The Labute approximate surface area is 124 Å². The van der Waals surface area contributed by atoms with Crippen molar-refractivity contribution in [1.29, 1.82) is 0 Å². The molecular formula is C14H21BrO3Si. The molecular weight excluding hydrogens is 324 g/mol. The molecule has 0 aliphatic carbocycles. The summed E-state index contributed by atoms with van der Waals surface area (Å²) in [6.45, 7) is 10.9. The SMILES string of the molecule is COC(=O)c1ccc(O[Si](C)(C)C(C)(C)C)c(Br)c1. The van der Waals surface area contributed by atoms with Gasteiger partial charge in [0.1, 0.15) is 5.75 Å². The van der Waals surface area contributed by atoms with E-state index < -0.39 is 8.32 Å². The van der Waals surface area contributed by atoms with Crippen molar-refractivity contribution >= 4 is 30.2 Å². The first kappa shape index (κ1) is 16.2. The number of carbonyl (C=O) groups is 1. The van der Waals surface area contributed by atoms with Gasteiger partial charge in [0.15, 0.2) is 0 Å². The summed E-state index contributed by atoms with van der Waals surface area (Å²) in [6.07, 6.45) is 0. The van der Waals surface area contributed by atoms with E-state index in [2.05, 4.69) is 49.8 Å². The highest BCUT2D eigenvalue weighted by atomic mass is 79.9.